The van der Waals surface area contributed by atoms with E-state index in [0.29, 0.717) is 25.2 Å². The molecule has 1 aliphatic rings. The number of benzene rings is 1. The molecular formula is C21H33NO3. The minimum absolute atomic E-state index is 0.174. The maximum absolute atomic E-state index is 11.4. The fourth-order valence-electron chi connectivity index (χ4n) is 3.70. The van der Waals surface area contributed by atoms with Crippen LogP contribution < -0.4 is 5.32 Å². The highest BCUT2D eigenvalue weighted by atomic mass is 16.4. The van der Waals surface area contributed by atoms with E-state index in [1.807, 2.05) is 12.1 Å². The summed E-state index contributed by atoms with van der Waals surface area (Å²) in [7, 11) is 0. The summed E-state index contributed by atoms with van der Waals surface area (Å²) in [4.78, 5) is 11.4. The molecule has 140 valence electrons. The first-order valence-corrected chi connectivity index (χ1v) is 9.67. The van der Waals surface area contributed by atoms with Crippen LogP contribution in [0.25, 0.3) is 0 Å². The van der Waals surface area contributed by atoms with Gasteiger partial charge in [0.15, 0.2) is 0 Å². The lowest BCUT2D eigenvalue weighted by molar-refractivity contribution is -0.140. The van der Waals surface area contributed by atoms with Gasteiger partial charge in [0.1, 0.15) is 6.04 Å². The van der Waals surface area contributed by atoms with Crippen molar-refractivity contribution in [2.75, 3.05) is 0 Å². The summed E-state index contributed by atoms with van der Waals surface area (Å²) in [6.07, 6.45) is 5.54. The highest BCUT2D eigenvalue weighted by Crippen LogP contribution is 2.37. The molecular weight excluding hydrogens is 314 g/mol. The second-order valence-electron chi connectivity index (χ2n) is 7.78. The molecule has 1 aliphatic carbocycles. The third-order valence-electron chi connectivity index (χ3n) is 5.51. The number of unbranched alkanes of at least 4 members (excludes halogenated alkanes) is 1. The van der Waals surface area contributed by atoms with Crippen molar-refractivity contribution >= 4 is 5.97 Å². The minimum atomic E-state index is -0.782. The number of aliphatic hydroxyl groups is 1. The molecule has 1 aromatic rings. The standard InChI is InChI=1S/C21H33NO3/c1-4-5-6-19(20(23)24)22-18-11-13-21(25,14-12-18)17-9-7-16(8-10-17)15(2)3/h7-10,15,18-19,22,25H,4-6,11-14H2,1-3H3,(H,23,24). The topological polar surface area (TPSA) is 69.6 Å². The maximum Gasteiger partial charge on any atom is 0.320 e. The number of carboxylic acids is 1. The lowest BCUT2D eigenvalue weighted by Crippen LogP contribution is -2.47. The Morgan fingerprint density at radius 3 is 2.32 bits per heavy atom. The van der Waals surface area contributed by atoms with Gasteiger partial charge in [-0.3, -0.25) is 4.79 Å². The summed E-state index contributed by atoms with van der Waals surface area (Å²) in [5.41, 5.74) is 1.48. The van der Waals surface area contributed by atoms with Gasteiger partial charge in [0.25, 0.3) is 0 Å². The van der Waals surface area contributed by atoms with E-state index in [0.717, 1.165) is 31.2 Å². The van der Waals surface area contributed by atoms with Crippen LogP contribution in [-0.4, -0.2) is 28.3 Å². The maximum atomic E-state index is 11.4. The van der Waals surface area contributed by atoms with Crippen LogP contribution in [0, 0.1) is 0 Å². The van der Waals surface area contributed by atoms with Crippen molar-refractivity contribution in [2.24, 2.45) is 0 Å². The van der Waals surface area contributed by atoms with E-state index in [9.17, 15) is 15.0 Å². The number of rotatable bonds is 8. The summed E-state index contributed by atoms with van der Waals surface area (Å²) in [6, 6.07) is 8.00. The Hall–Kier alpha value is -1.39. The van der Waals surface area contributed by atoms with Gasteiger partial charge >= 0.3 is 5.97 Å². The third kappa shape index (κ3) is 5.29. The first-order valence-electron chi connectivity index (χ1n) is 9.67. The van der Waals surface area contributed by atoms with Gasteiger partial charge in [-0.05, 0) is 49.1 Å². The number of hydrogen-bond donors (Lipinski definition) is 3. The molecule has 1 atom stereocenters. The van der Waals surface area contributed by atoms with Crippen molar-refractivity contribution in [3.05, 3.63) is 35.4 Å². The van der Waals surface area contributed by atoms with Crippen molar-refractivity contribution in [1.82, 2.24) is 5.32 Å². The van der Waals surface area contributed by atoms with Crippen molar-refractivity contribution in [3.63, 3.8) is 0 Å². The van der Waals surface area contributed by atoms with Crippen LogP contribution in [0.2, 0.25) is 0 Å². The largest absolute Gasteiger partial charge is 0.480 e. The Morgan fingerprint density at radius 1 is 1.24 bits per heavy atom. The average Bonchev–Trinajstić information content (AvgIpc) is 2.60. The lowest BCUT2D eigenvalue weighted by Gasteiger charge is -2.37. The van der Waals surface area contributed by atoms with Gasteiger partial charge in [0.2, 0.25) is 0 Å². The molecule has 1 saturated carbocycles. The molecule has 4 heteroatoms. The van der Waals surface area contributed by atoms with E-state index >= 15 is 0 Å². The molecule has 1 aromatic carbocycles. The molecule has 0 spiro atoms. The zero-order valence-electron chi connectivity index (χ0n) is 15.8. The van der Waals surface area contributed by atoms with Gasteiger partial charge in [0, 0.05) is 6.04 Å². The zero-order chi connectivity index (χ0) is 18.4. The second-order valence-corrected chi connectivity index (χ2v) is 7.78. The molecule has 0 bridgehead atoms. The molecule has 1 fully saturated rings. The average molecular weight is 347 g/mol. The molecule has 1 unspecified atom stereocenters. The van der Waals surface area contributed by atoms with Crippen LogP contribution in [0.3, 0.4) is 0 Å². The Kier molecular flexibility index (Phi) is 7.03. The van der Waals surface area contributed by atoms with E-state index < -0.39 is 17.6 Å². The van der Waals surface area contributed by atoms with Gasteiger partial charge in [-0.25, -0.2) is 0 Å². The molecule has 0 saturated heterocycles. The Balaban J connectivity index is 1.94. The van der Waals surface area contributed by atoms with Crippen LogP contribution in [0.15, 0.2) is 24.3 Å². The fraction of sp³-hybridized carbons (Fsp3) is 0.667. The Bertz CT molecular complexity index is 545. The van der Waals surface area contributed by atoms with Crippen molar-refractivity contribution < 1.29 is 15.0 Å². The normalized spacial score (nSPS) is 25.1. The molecule has 0 aliphatic heterocycles. The van der Waals surface area contributed by atoms with Gasteiger partial charge in [0.05, 0.1) is 5.60 Å². The quantitative estimate of drug-likeness (QED) is 0.660. The van der Waals surface area contributed by atoms with Crippen LogP contribution in [0.4, 0.5) is 0 Å². The molecule has 3 N–H and O–H groups in total. The summed E-state index contributed by atoms with van der Waals surface area (Å²) in [5, 5.41) is 23.7. The zero-order valence-corrected chi connectivity index (χ0v) is 15.8. The summed E-state index contributed by atoms with van der Waals surface area (Å²) in [5.74, 6) is -0.279. The van der Waals surface area contributed by atoms with Crippen LogP contribution >= 0.6 is 0 Å². The van der Waals surface area contributed by atoms with Crippen LogP contribution in [0.5, 0.6) is 0 Å². The van der Waals surface area contributed by atoms with Crippen LogP contribution in [0.1, 0.15) is 82.8 Å². The molecule has 0 aromatic heterocycles. The SMILES string of the molecule is CCCCC(NC1CCC(O)(c2ccc(C(C)C)cc2)CC1)C(=O)O. The van der Waals surface area contributed by atoms with E-state index in [1.165, 1.54) is 5.56 Å². The predicted molar refractivity (Wildman–Crippen MR) is 101 cm³/mol. The van der Waals surface area contributed by atoms with Gasteiger partial charge < -0.3 is 15.5 Å². The summed E-state index contributed by atoms with van der Waals surface area (Å²) in [6.45, 7) is 6.40. The highest BCUT2D eigenvalue weighted by molar-refractivity contribution is 5.73. The third-order valence-corrected chi connectivity index (χ3v) is 5.51. The van der Waals surface area contributed by atoms with Crippen molar-refractivity contribution in [3.8, 4) is 0 Å². The number of nitrogens with one attached hydrogen (secondary N) is 1. The molecule has 25 heavy (non-hydrogen) atoms. The Labute approximate surface area is 151 Å². The van der Waals surface area contributed by atoms with Gasteiger partial charge in [-0.1, -0.05) is 57.9 Å². The summed E-state index contributed by atoms with van der Waals surface area (Å²) < 4.78 is 0. The molecule has 2 rings (SSSR count). The molecule has 0 heterocycles. The molecule has 0 amide bonds. The number of carboxylic acid groups (broad SMARTS) is 1. The number of aliphatic carboxylic acids is 1. The Morgan fingerprint density at radius 2 is 1.84 bits per heavy atom. The van der Waals surface area contributed by atoms with E-state index in [4.69, 9.17) is 0 Å². The smallest absolute Gasteiger partial charge is 0.320 e. The van der Waals surface area contributed by atoms with Crippen molar-refractivity contribution in [2.45, 2.75) is 89.3 Å². The number of carbonyl (C=O) groups is 1. The van der Waals surface area contributed by atoms with Gasteiger partial charge in [-0.15, -0.1) is 0 Å². The predicted octanol–water partition coefficient (Wildman–Crippen LogP) is 4.17. The lowest BCUT2D eigenvalue weighted by atomic mass is 9.77. The van der Waals surface area contributed by atoms with Gasteiger partial charge in [-0.2, -0.15) is 0 Å². The first kappa shape index (κ1) is 19.9. The van der Waals surface area contributed by atoms with E-state index in [-0.39, 0.29) is 6.04 Å². The second kappa shape index (κ2) is 8.81. The molecule has 4 nitrogen and oxygen atoms in total. The highest BCUT2D eigenvalue weighted by Gasteiger charge is 2.35. The van der Waals surface area contributed by atoms with E-state index in [1.54, 1.807) is 0 Å². The fourth-order valence-corrected chi connectivity index (χ4v) is 3.70. The van der Waals surface area contributed by atoms with E-state index in [2.05, 4.69) is 38.2 Å². The van der Waals surface area contributed by atoms with Crippen molar-refractivity contribution in [1.29, 1.82) is 0 Å². The molecule has 0 radical (unpaired) electrons. The summed E-state index contributed by atoms with van der Waals surface area (Å²) >= 11 is 0. The number of hydrogen-bond acceptors (Lipinski definition) is 3. The first-order chi connectivity index (χ1) is 11.9. The monoisotopic (exact) mass is 347 g/mol. The van der Waals surface area contributed by atoms with Crippen LogP contribution in [-0.2, 0) is 10.4 Å². The minimum Gasteiger partial charge on any atom is -0.480 e.